The van der Waals surface area contributed by atoms with Crippen LogP contribution in [0, 0.1) is 0 Å². The molecule has 0 fully saturated rings. The molecule has 4 rings (SSSR count). The Morgan fingerprint density at radius 2 is 1.38 bits per heavy atom. The van der Waals surface area contributed by atoms with Crippen LogP contribution in [0.1, 0.15) is 0 Å². The molecular formula is C22H17N3O. The Bertz CT molecular complexity index is 1040. The van der Waals surface area contributed by atoms with Gasteiger partial charge in [-0.1, -0.05) is 48.5 Å². The minimum Gasteiger partial charge on any atom is -0.308 e. The van der Waals surface area contributed by atoms with Crippen LogP contribution in [0.15, 0.2) is 91.1 Å². The quantitative estimate of drug-likeness (QED) is 0.514. The molecule has 0 unspecified atom stereocenters. The van der Waals surface area contributed by atoms with Gasteiger partial charge in [-0.25, -0.2) is 4.79 Å². The number of nitrogens with zero attached hydrogens (tertiary/aromatic N) is 1. The van der Waals surface area contributed by atoms with Crippen LogP contribution >= 0.6 is 0 Å². The van der Waals surface area contributed by atoms with E-state index in [2.05, 4.69) is 27.8 Å². The van der Waals surface area contributed by atoms with Gasteiger partial charge in [0.2, 0.25) is 0 Å². The lowest BCUT2D eigenvalue weighted by molar-refractivity contribution is 0.262. The number of nitrogens with one attached hydrogen (secondary N) is 2. The summed E-state index contributed by atoms with van der Waals surface area (Å²) in [5, 5.41) is 6.69. The van der Waals surface area contributed by atoms with Crippen molar-refractivity contribution >= 4 is 28.3 Å². The molecule has 26 heavy (non-hydrogen) atoms. The van der Waals surface area contributed by atoms with Crippen molar-refractivity contribution in [2.24, 2.45) is 0 Å². The first-order valence-corrected chi connectivity index (χ1v) is 8.36. The average Bonchev–Trinajstić information content (AvgIpc) is 2.69. The number of amides is 2. The van der Waals surface area contributed by atoms with Gasteiger partial charge >= 0.3 is 6.03 Å². The van der Waals surface area contributed by atoms with E-state index in [0.717, 1.165) is 33.4 Å². The molecule has 2 amide bonds. The average molecular weight is 339 g/mol. The van der Waals surface area contributed by atoms with E-state index in [1.54, 1.807) is 6.20 Å². The van der Waals surface area contributed by atoms with Gasteiger partial charge in [-0.2, -0.15) is 0 Å². The van der Waals surface area contributed by atoms with Crippen LogP contribution in [0.2, 0.25) is 0 Å². The third-order valence-corrected chi connectivity index (χ3v) is 4.11. The normalized spacial score (nSPS) is 10.5. The zero-order valence-corrected chi connectivity index (χ0v) is 14.0. The largest absolute Gasteiger partial charge is 0.323 e. The lowest BCUT2D eigenvalue weighted by Gasteiger charge is -2.09. The monoisotopic (exact) mass is 339 g/mol. The summed E-state index contributed by atoms with van der Waals surface area (Å²) in [7, 11) is 0. The molecule has 0 atom stereocenters. The number of fused-ring (bicyclic) bond motifs is 1. The van der Waals surface area contributed by atoms with Crippen LogP contribution in [-0.2, 0) is 0 Å². The van der Waals surface area contributed by atoms with Crippen molar-refractivity contribution in [3.05, 3.63) is 91.1 Å². The molecular weight excluding hydrogens is 322 g/mol. The van der Waals surface area contributed by atoms with E-state index < -0.39 is 0 Å². The molecule has 4 heteroatoms. The molecule has 4 nitrogen and oxygen atoms in total. The van der Waals surface area contributed by atoms with Gasteiger partial charge in [0.15, 0.2) is 0 Å². The van der Waals surface area contributed by atoms with Crippen LogP contribution in [0.25, 0.3) is 22.0 Å². The minimum absolute atomic E-state index is 0.277. The summed E-state index contributed by atoms with van der Waals surface area (Å²) in [4.78, 5) is 16.5. The number of hydrogen-bond donors (Lipinski definition) is 2. The van der Waals surface area contributed by atoms with Crippen molar-refractivity contribution < 1.29 is 4.79 Å². The number of pyridine rings is 1. The molecule has 4 aromatic rings. The summed E-state index contributed by atoms with van der Waals surface area (Å²) < 4.78 is 0. The Balaban J connectivity index is 1.44. The Kier molecular flexibility index (Phi) is 4.31. The first-order chi connectivity index (χ1) is 12.8. The van der Waals surface area contributed by atoms with Crippen molar-refractivity contribution in [3.8, 4) is 11.1 Å². The van der Waals surface area contributed by atoms with Crippen LogP contribution in [-0.4, -0.2) is 11.0 Å². The van der Waals surface area contributed by atoms with Crippen LogP contribution < -0.4 is 10.6 Å². The zero-order chi connectivity index (χ0) is 17.8. The SMILES string of the molecule is O=C(Nc1ccc(-c2ccccc2)cc1)Nc1ccc2ncccc2c1. The Hall–Kier alpha value is -3.66. The Morgan fingerprint density at radius 1 is 0.692 bits per heavy atom. The van der Waals surface area contributed by atoms with E-state index in [-0.39, 0.29) is 6.03 Å². The predicted octanol–water partition coefficient (Wildman–Crippen LogP) is 5.55. The first kappa shape index (κ1) is 15.8. The van der Waals surface area contributed by atoms with Crippen molar-refractivity contribution in [1.29, 1.82) is 0 Å². The van der Waals surface area contributed by atoms with Crippen molar-refractivity contribution in [1.82, 2.24) is 4.98 Å². The number of anilines is 2. The van der Waals surface area contributed by atoms with Gasteiger partial charge in [0, 0.05) is 23.0 Å². The molecule has 126 valence electrons. The molecule has 0 radical (unpaired) electrons. The van der Waals surface area contributed by atoms with E-state index >= 15 is 0 Å². The topological polar surface area (TPSA) is 54.0 Å². The predicted molar refractivity (Wildman–Crippen MR) is 106 cm³/mol. The molecule has 3 aromatic carbocycles. The summed E-state index contributed by atoms with van der Waals surface area (Å²) >= 11 is 0. The Labute approximate surface area is 151 Å². The highest BCUT2D eigenvalue weighted by Gasteiger charge is 2.04. The molecule has 0 aliphatic rings. The van der Waals surface area contributed by atoms with E-state index in [1.165, 1.54) is 0 Å². The second kappa shape index (κ2) is 7.07. The Morgan fingerprint density at radius 3 is 2.19 bits per heavy atom. The van der Waals surface area contributed by atoms with Crippen LogP contribution in [0.4, 0.5) is 16.2 Å². The highest BCUT2D eigenvalue weighted by atomic mass is 16.2. The number of urea groups is 1. The van der Waals surface area contributed by atoms with Gasteiger partial charge in [0.1, 0.15) is 0 Å². The van der Waals surface area contributed by atoms with Gasteiger partial charge < -0.3 is 10.6 Å². The molecule has 0 saturated heterocycles. The van der Waals surface area contributed by atoms with Gasteiger partial charge in [-0.15, -0.1) is 0 Å². The lowest BCUT2D eigenvalue weighted by Crippen LogP contribution is -2.19. The van der Waals surface area contributed by atoms with Crippen molar-refractivity contribution in [2.45, 2.75) is 0 Å². The van der Waals surface area contributed by atoms with E-state index in [9.17, 15) is 4.79 Å². The number of carbonyl (C=O) groups is 1. The highest BCUT2D eigenvalue weighted by molar-refractivity contribution is 6.01. The molecule has 0 aliphatic carbocycles. The summed E-state index contributed by atoms with van der Waals surface area (Å²) in [5.74, 6) is 0. The third-order valence-electron chi connectivity index (χ3n) is 4.11. The zero-order valence-electron chi connectivity index (χ0n) is 14.0. The maximum atomic E-state index is 12.2. The smallest absolute Gasteiger partial charge is 0.308 e. The maximum absolute atomic E-state index is 12.2. The van der Waals surface area contributed by atoms with Crippen molar-refractivity contribution in [2.75, 3.05) is 10.6 Å². The number of benzene rings is 3. The summed E-state index contributed by atoms with van der Waals surface area (Å²) in [5.41, 5.74) is 4.62. The molecule has 0 saturated carbocycles. The highest BCUT2D eigenvalue weighted by Crippen LogP contribution is 2.21. The fraction of sp³-hybridized carbons (Fsp3) is 0. The van der Waals surface area contributed by atoms with E-state index in [1.807, 2.05) is 72.8 Å². The molecule has 1 aromatic heterocycles. The molecule has 2 N–H and O–H groups in total. The summed E-state index contributed by atoms with van der Waals surface area (Å²) in [6.07, 6.45) is 1.75. The van der Waals surface area contributed by atoms with Gasteiger partial charge in [-0.05, 0) is 47.5 Å². The van der Waals surface area contributed by atoms with Crippen LogP contribution in [0.5, 0.6) is 0 Å². The fourth-order valence-electron chi connectivity index (χ4n) is 2.82. The molecule has 1 heterocycles. The van der Waals surface area contributed by atoms with Gasteiger partial charge in [-0.3, -0.25) is 4.98 Å². The first-order valence-electron chi connectivity index (χ1n) is 8.36. The lowest BCUT2D eigenvalue weighted by atomic mass is 10.1. The standard InChI is InChI=1S/C22H17N3O/c26-22(25-20-12-13-21-18(15-20)7-4-14-23-21)24-19-10-8-17(9-11-19)16-5-2-1-3-6-16/h1-15H,(H2,24,25,26). The van der Waals surface area contributed by atoms with E-state index in [4.69, 9.17) is 0 Å². The second-order valence-electron chi connectivity index (χ2n) is 5.93. The molecule has 0 aliphatic heterocycles. The van der Waals surface area contributed by atoms with Gasteiger partial charge in [0.25, 0.3) is 0 Å². The fourth-order valence-corrected chi connectivity index (χ4v) is 2.82. The number of rotatable bonds is 3. The van der Waals surface area contributed by atoms with Gasteiger partial charge in [0.05, 0.1) is 5.52 Å². The third kappa shape index (κ3) is 3.54. The molecule has 0 bridgehead atoms. The minimum atomic E-state index is -0.277. The van der Waals surface area contributed by atoms with Crippen molar-refractivity contribution in [3.63, 3.8) is 0 Å². The van der Waals surface area contributed by atoms with Crippen LogP contribution in [0.3, 0.4) is 0 Å². The number of hydrogen-bond acceptors (Lipinski definition) is 2. The maximum Gasteiger partial charge on any atom is 0.323 e. The van der Waals surface area contributed by atoms with E-state index in [0.29, 0.717) is 0 Å². The second-order valence-corrected chi connectivity index (χ2v) is 5.93. The number of carbonyl (C=O) groups excluding carboxylic acids is 1. The number of aromatic nitrogens is 1. The summed E-state index contributed by atoms with van der Waals surface area (Å²) in [6, 6.07) is 27.1. The summed E-state index contributed by atoms with van der Waals surface area (Å²) in [6.45, 7) is 0. The molecule has 0 spiro atoms.